The van der Waals surface area contributed by atoms with Gasteiger partial charge in [-0.3, -0.25) is 4.90 Å². The van der Waals surface area contributed by atoms with Gasteiger partial charge in [-0.2, -0.15) is 0 Å². The Kier molecular flexibility index (Phi) is 5.06. The van der Waals surface area contributed by atoms with E-state index in [9.17, 15) is 5.11 Å². The second-order valence-electron chi connectivity index (χ2n) is 7.60. The summed E-state index contributed by atoms with van der Waals surface area (Å²) in [5.41, 5.74) is 2.62. The van der Waals surface area contributed by atoms with Gasteiger partial charge in [0.05, 0.1) is 12.3 Å². The lowest BCUT2D eigenvalue weighted by Gasteiger charge is -2.48. The zero-order valence-corrected chi connectivity index (χ0v) is 15.5. The van der Waals surface area contributed by atoms with Crippen LogP contribution in [0, 0.1) is 5.41 Å². The Labute approximate surface area is 154 Å². The molecule has 1 N–H and O–H groups in total. The van der Waals surface area contributed by atoms with Gasteiger partial charge in [0.2, 0.25) is 0 Å². The minimum Gasteiger partial charge on any atom is -0.390 e. The second-order valence-corrected chi connectivity index (χ2v) is 8.44. The van der Waals surface area contributed by atoms with Crippen molar-refractivity contribution >= 4 is 16.5 Å². The molecule has 0 bridgehead atoms. The van der Waals surface area contributed by atoms with Crippen molar-refractivity contribution in [2.45, 2.75) is 38.8 Å². The molecule has 25 heavy (non-hydrogen) atoms. The van der Waals surface area contributed by atoms with Crippen LogP contribution in [-0.2, 0) is 13.2 Å². The van der Waals surface area contributed by atoms with Crippen LogP contribution in [0.25, 0.3) is 0 Å². The van der Waals surface area contributed by atoms with Crippen LogP contribution in [0.5, 0.6) is 0 Å². The molecule has 2 saturated heterocycles. The van der Waals surface area contributed by atoms with Crippen LogP contribution in [0.15, 0.2) is 35.7 Å². The lowest BCUT2D eigenvalue weighted by Crippen LogP contribution is -2.52. The van der Waals surface area contributed by atoms with Crippen LogP contribution in [0.3, 0.4) is 0 Å². The highest BCUT2D eigenvalue weighted by Crippen LogP contribution is 2.40. The van der Waals surface area contributed by atoms with E-state index in [0.717, 1.165) is 30.5 Å². The van der Waals surface area contributed by atoms with Crippen molar-refractivity contribution in [2.75, 3.05) is 31.1 Å². The minimum atomic E-state index is 0.0420. The number of piperidine rings is 2. The van der Waals surface area contributed by atoms with Gasteiger partial charge in [-0.1, -0.05) is 30.3 Å². The van der Waals surface area contributed by atoms with Crippen molar-refractivity contribution < 1.29 is 5.11 Å². The molecule has 0 saturated carbocycles. The summed E-state index contributed by atoms with van der Waals surface area (Å²) in [6, 6.07) is 10.8. The lowest BCUT2D eigenvalue weighted by atomic mass is 9.74. The predicted octanol–water partition coefficient (Wildman–Crippen LogP) is 3.52. The van der Waals surface area contributed by atoms with Crippen LogP contribution >= 0.6 is 11.3 Å². The first-order chi connectivity index (χ1) is 12.3. The van der Waals surface area contributed by atoms with Crippen LogP contribution < -0.4 is 4.90 Å². The molecule has 2 aliphatic rings. The van der Waals surface area contributed by atoms with Gasteiger partial charge in [0.25, 0.3) is 0 Å². The number of hydrogen-bond donors (Lipinski definition) is 1. The molecule has 1 aromatic carbocycles. The highest BCUT2D eigenvalue weighted by molar-refractivity contribution is 7.13. The Morgan fingerprint density at radius 2 is 1.88 bits per heavy atom. The highest BCUT2D eigenvalue weighted by atomic mass is 32.1. The number of hydrogen-bond acceptors (Lipinski definition) is 5. The molecule has 1 atom stereocenters. The summed E-state index contributed by atoms with van der Waals surface area (Å²) in [6.45, 7) is 5.71. The topological polar surface area (TPSA) is 39.6 Å². The normalized spacial score (nSPS) is 24.8. The fraction of sp³-hybridized carbons (Fsp3) is 0.550. The molecule has 4 nitrogen and oxygen atoms in total. The van der Waals surface area contributed by atoms with Gasteiger partial charge >= 0.3 is 0 Å². The van der Waals surface area contributed by atoms with Gasteiger partial charge in [0, 0.05) is 37.0 Å². The third-order valence-electron chi connectivity index (χ3n) is 5.62. The van der Waals surface area contributed by atoms with Gasteiger partial charge in [-0.25, -0.2) is 4.98 Å². The number of nitrogens with zero attached hydrogens (tertiary/aromatic N) is 3. The molecule has 1 spiro atoms. The van der Waals surface area contributed by atoms with E-state index in [1.165, 1.54) is 44.3 Å². The fourth-order valence-electron chi connectivity index (χ4n) is 4.51. The number of thiazole rings is 1. The number of aliphatic hydroxyl groups is 1. The smallest absolute Gasteiger partial charge is 0.185 e. The molecule has 0 radical (unpaired) electrons. The molecular formula is C20H27N3OS. The third-order valence-corrected chi connectivity index (χ3v) is 6.57. The molecule has 1 aromatic heterocycles. The van der Waals surface area contributed by atoms with Crippen molar-refractivity contribution in [3.8, 4) is 0 Å². The molecular weight excluding hydrogens is 330 g/mol. The fourth-order valence-corrected chi connectivity index (χ4v) is 5.35. The number of benzene rings is 1. The molecule has 2 fully saturated rings. The Hall–Kier alpha value is -1.43. The van der Waals surface area contributed by atoms with E-state index in [1.54, 1.807) is 11.3 Å². The van der Waals surface area contributed by atoms with Gasteiger partial charge < -0.3 is 10.0 Å². The molecule has 4 rings (SSSR count). The number of aliphatic hydroxyl groups excluding tert-OH is 1. The summed E-state index contributed by atoms with van der Waals surface area (Å²) in [6.07, 6.45) is 5.19. The summed E-state index contributed by atoms with van der Waals surface area (Å²) >= 11 is 1.67. The predicted molar refractivity (Wildman–Crippen MR) is 103 cm³/mol. The van der Waals surface area contributed by atoms with Crippen LogP contribution in [0.4, 0.5) is 5.13 Å². The maximum atomic E-state index is 9.29. The average Bonchev–Trinajstić information content (AvgIpc) is 3.12. The van der Waals surface area contributed by atoms with Crippen molar-refractivity contribution in [1.82, 2.24) is 9.88 Å². The van der Waals surface area contributed by atoms with Crippen molar-refractivity contribution in [1.29, 1.82) is 0 Å². The standard InChI is InChI=1S/C20H27N3OS/c24-13-18-14-25-19(21-18)23-11-5-9-20(16-23)8-4-10-22(15-20)12-17-6-2-1-3-7-17/h1-3,6-7,14,24H,4-5,8-13,15-16H2/t20-/m1/s1. The van der Waals surface area contributed by atoms with Gasteiger partial charge in [0.15, 0.2) is 5.13 Å². The minimum absolute atomic E-state index is 0.0420. The quantitative estimate of drug-likeness (QED) is 0.909. The van der Waals surface area contributed by atoms with Gasteiger partial charge in [-0.05, 0) is 37.8 Å². The SMILES string of the molecule is OCc1csc(N2CCC[C@@]3(CCCN(Cc4ccccc4)C3)C2)n1. The van der Waals surface area contributed by atoms with Crippen LogP contribution in [0.1, 0.15) is 36.9 Å². The summed E-state index contributed by atoms with van der Waals surface area (Å²) < 4.78 is 0. The first kappa shape index (κ1) is 17.0. The summed E-state index contributed by atoms with van der Waals surface area (Å²) in [5.74, 6) is 0. The molecule has 0 amide bonds. The average molecular weight is 358 g/mol. The molecule has 5 heteroatoms. The first-order valence-electron chi connectivity index (χ1n) is 9.33. The Bertz CT molecular complexity index is 685. The zero-order valence-electron chi connectivity index (χ0n) is 14.7. The van der Waals surface area contributed by atoms with E-state index in [2.05, 4.69) is 45.1 Å². The zero-order chi connectivity index (χ0) is 17.1. The molecule has 2 aromatic rings. The Balaban J connectivity index is 1.44. The number of rotatable bonds is 4. The third kappa shape index (κ3) is 3.89. The van der Waals surface area contributed by atoms with Crippen molar-refractivity contribution in [3.63, 3.8) is 0 Å². The van der Waals surface area contributed by atoms with Crippen molar-refractivity contribution in [2.24, 2.45) is 5.41 Å². The van der Waals surface area contributed by atoms with E-state index in [0.29, 0.717) is 5.41 Å². The number of likely N-dealkylation sites (tertiary alicyclic amines) is 1. The number of anilines is 1. The Morgan fingerprint density at radius 1 is 1.08 bits per heavy atom. The number of aromatic nitrogens is 1. The molecule has 0 aliphatic carbocycles. The molecule has 2 aliphatic heterocycles. The van der Waals surface area contributed by atoms with Crippen molar-refractivity contribution in [3.05, 3.63) is 47.0 Å². The first-order valence-corrected chi connectivity index (χ1v) is 10.2. The van der Waals surface area contributed by atoms with E-state index in [4.69, 9.17) is 0 Å². The van der Waals surface area contributed by atoms with E-state index in [1.807, 2.05) is 5.38 Å². The maximum Gasteiger partial charge on any atom is 0.185 e. The van der Waals surface area contributed by atoms with E-state index >= 15 is 0 Å². The van der Waals surface area contributed by atoms with Gasteiger partial charge in [-0.15, -0.1) is 11.3 Å². The summed E-state index contributed by atoms with van der Waals surface area (Å²) in [4.78, 5) is 9.70. The van der Waals surface area contributed by atoms with Crippen LogP contribution in [0.2, 0.25) is 0 Å². The van der Waals surface area contributed by atoms with Gasteiger partial charge in [0.1, 0.15) is 0 Å². The maximum absolute atomic E-state index is 9.29. The monoisotopic (exact) mass is 357 g/mol. The summed E-state index contributed by atoms with van der Waals surface area (Å²) in [5, 5.41) is 12.4. The lowest BCUT2D eigenvalue weighted by molar-refractivity contribution is 0.0684. The second kappa shape index (κ2) is 7.44. The molecule has 3 heterocycles. The molecule has 134 valence electrons. The van der Waals surface area contributed by atoms with E-state index < -0.39 is 0 Å². The highest BCUT2D eigenvalue weighted by Gasteiger charge is 2.39. The largest absolute Gasteiger partial charge is 0.390 e. The summed E-state index contributed by atoms with van der Waals surface area (Å²) in [7, 11) is 0. The Morgan fingerprint density at radius 3 is 2.64 bits per heavy atom. The van der Waals surface area contributed by atoms with Crippen LogP contribution in [-0.4, -0.2) is 41.2 Å². The molecule has 0 unspecified atom stereocenters. The van der Waals surface area contributed by atoms with E-state index in [-0.39, 0.29) is 6.61 Å².